The van der Waals surface area contributed by atoms with E-state index in [2.05, 4.69) is 16.9 Å². The Balaban J connectivity index is 1.50. The molecule has 0 radical (unpaired) electrons. The Morgan fingerprint density at radius 2 is 2.15 bits per heavy atom. The van der Waals surface area contributed by atoms with E-state index < -0.39 is 0 Å². The van der Waals surface area contributed by atoms with Gasteiger partial charge in [0, 0.05) is 16.8 Å². The van der Waals surface area contributed by atoms with Crippen molar-refractivity contribution in [2.75, 3.05) is 5.75 Å². The predicted octanol–water partition coefficient (Wildman–Crippen LogP) is 2.92. The molecular weight excluding hydrogens is 272 g/mol. The SMILES string of the molecule is Cc1cc(C)nc(SCC(=O)OC2CC3CCC32C)n1. The number of hydrogen-bond donors (Lipinski definition) is 0. The van der Waals surface area contributed by atoms with Crippen LogP contribution < -0.4 is 0 Å². The number of carbonyl (C=O) groups is 1. The van der Waals surface area contributed by atoms with E-state index in [0.29, 0.717) is 10.9 Å². The third kappa shape index (κ3) is 2.43. The Morgan fingerprint density at radius 1 is 1.45 bits per heavy atom. The fourth-order valence-corrected chi connectivity index (χ4v) is 3.97. The fraction of sp³-hybridized carbons (Fsp3) is 0.667. The molecule has 0 aliphatic heterocycles. The summed E-state index contributed by atoms with van der Waals surface area (Å²) in [6.45, 7) is 6.11. The molecule has 0 aromatic carbocycles. The highest BCUT2D eigenvalue weighted by molar-refractivity contribution is 7.99. The van der Waals surface area contributed by atoms with Crippen LogP contribution in [0.15, 0.2) is 11.2 Å². The number of nitrogens with zero attached hydrogens (tertiary/aromatic N) is 2. The molecule has 4 nitrogen and oxygen atoms in total. The van der Waals surface area contributed by atoms with Gasteiger partial charge in [0.1, 0.15) is 6.10 Å². The molecule has 3 unspecified atom stereocenters. The van der Waals surface area contributed by atoms with Gasteiger partial charge in [0.15, 0.2) is 5.16 Å². The molecule has 3 rings (SSSR count). The van der Waals surface area contributed by atoms with E-state index in [-0.39, 0.29) is 17.5 Å². The zero-order chi connectivity index (χ0) is 14.3. The summed E-state index contributed by atoms with van der Waals surface area (Å²) in [6, 6.07) is 1.92. The van der Waals surface area contributed by atoms with Gasteiger partial charge < -0.3 is 4.74 Å². The maximum atomic E-state index is 11.9. The molecular formula is C15H20N2O2S. The topological polar surface area (TPSA) is 52.1 Å². The van der Waals surface area contributed by atoms with Gasteiger partial charge in [-0.3, -0.25) is 4.79 Å². The number of esters is 1. The second-order valence-electron chi connectivity index (χ2n) is 6.18. The number of fused-ring (bicyclic) bond motifs is 1. The molecule has 3 atom stereocenters. The average Bonchev–Trinajstić information content (AvgIpc) is 2.38. The highest BCUT2D eigenvalue weighted by atomic mass is 32.2. The summed E-state index contributed by atoms with van der Waals surface area (Å²) in [7, 11) is 0. The van der Waals surface area contributed by atoms with Crippen molar-refractivity contribution < 1.29 is 9.53 Å². The van der Waals surface area contributed by atoms with Gasteiger partial charge >= 0.3 is 5.97 Å². The Bertz CT molecular complexity index is 528. The van der Waals surface area contributed by atoms with Crippen LogP contribution in [0.25, 0.3) is 0 Å². The number of thioether (sulfide) groups is 1. The normalized spacial score (nSPS) is 30.9. The standard InChI is InChI=1S/C15H20N2O2S/c1-9-6-10(2)17-14(16-9)20-8-13(18)19-12-7-11-4-5-15(11,12)3/h6,11-12H,4-5,7-8H2,1-3H3. The van der Waals surface area contributed by atoms with Crippen LogP contribution >= 0.6 is 11.8 Å². The van der Waals surface area contributed by atoms with Crippen molar-refractivity contribution in [3.8, 4) is 0 Å². The molecule has 2 saturated carbocycles. The zero-order valence-corrected chi connectivity index (χ0v) is 13.0. The van der Waals surface area contributed by atoms with Crippen LogP contribution in [0.5, 0.6) is 0 Å². The molecule has 2 aliphatic rings. The molecule has 2 aliphatic carbocycles. The summed E-state index contributed by atoms with van der Waals surface area (Å²) in [5, 5.41) is 0.654. The van der Waals surface area contributed by atoms with Gasteiger partial charge in [-0.2, -0.15) is 0 Å². The second-order valence-corrected chi connectivity index (χ2v) is 7.12. The third-order valence-electron chi connectivity index (χ3n) is 4.75. The van der Waals surface area contributed by atoms with Gasteiger partial charge in [0.25, 0.3) is 0 Å². The molecule has 0 saturated heterocycles. The van der Waals surface area contributed by atoms with Crippen molar-refractivity contribution in [3.05, 3.63) is 17.5 Å². The Labute approximate surface area is 123 Å². The molecule has 0 amide bonds. The van der Waals surface area contributed by atoms with Gasteiger partial charge in [0.05, 0.1) is 5.75 Å². The number of rotatable bonds is 4. The highest BCUT2D eigenvalue weighted by Crippen LogP contribution is 2.61. The largest absolute Gasteiger partial charge is 0.461 e. The maximum Gasteiger partial charge on any atom is 0.316 e. The molecule has 1 aromatic rings. The number of ether oxygens (including phenoxy) is 1. The minimum Gasteiger partial charge on any atom is -0.461 e. The van der Waals surface area contributed by atoms with E-state index >= 15 is 0 Å². The van der Waals surface area contributed by atoms with E-state index in [4.69, 9.17) is 4.74 Å². The van der Waals surface area contributed by atoms with Crippen LogP contribution in [0.1, 0.15) is 37.6 Å². The van der Waals surface area contributed by atoms with Crippen molar-refractivity contribution in [1.29, 1.82) is 0 Å². The van der Waals surface area contributed by atoms with E-state index in [1.54, 1.807) is 0 Å². The molecule has 1 heterocycles. The van der Waals surface area contributed by atoms with Crippen molar-refractivity contribution in [2.45, 2.75) is 51.3 Å². The van der Waals surface area contributed by atoms with Crippen molar-refractivity contribution in [1.82, 2.24) is 9.97 Å². The summed E-state index contributed by atoms with van der Waals surface area (Å²) < 4.78 is 5.59. The maximum absolute atomic E-state index is 11.9. The Hall–Kier alpha value is -1.10. The summed E-state index contributed by atoms with van der Waals surface area (Å²) >= 11 is 1.36. The van der Waals surface area contributed by atoms with E-state index in [0.717, 1.165) is 23.7 Å². The first-order chi connectivity index (χ1) is 9.47. The first-order valence-corrected chi connectivity index (χ1v) is 8.10. The molecule has 5 heteroatoms. The van der Waals surface area contributed by atoms with Crippen LogP contribution in [-0.4, -0.2) is 27.8 Å². The monoisotopic (exact) mass is 292 g/mol. The summed E-state index contributed by atoms with van der Waals surface area (Å²) in [5.41, 5.74) is 2.13. The van der Waals surface area contributed by atoms with Gasteiger partial charge in [-0.15, -0.1) is 0 Å². The van der Waals surface area contributed by atoms with Crippen molar-refractivity contribution in [2.24, 2.45) is 11.3 Å². The third-order valence-corrected chi connectivity index (χ3v) is 5.57. The lowest BCUT2D eigenvalue weighted by Gasteiger charge is -2.61. The molecule has 108 valence electrons. The highest BCUT2D eigenvalue weighted by Gasteiger charge is 2.59. The quantitative estimate of drug-likeness (QED) is 0.485. The van der Waals surface area contributed by atoms with Crippen LogP contribution in [0.2, 0.25) is 0 Å². The second kappa shape index (κ2) is 5.02. The summed E-state index contributed by atoms with van der Waals surface area (Å²) in [4.78, 5) is 20.5. The zero-order valence-electron chi connectivity index (χ0n) is 12.2. The molecule has 1 aromatic heterocycles. The lowest BCUT2D eigenvalue weighted by molar-refractivity contribution is -0.205. The fourth-order valence-electron chi connectivity index (χ4n) is 3.24. The smallest absolute Gasteiger partial charge is 0.316 e. The molecule has 0 bridgehead atoms. The number of hydrogen-bond acceptors (Lipinski definition) is 5. The lowest BCUT2D eigenvalue weighted by atomic mass is 9.47. The molecule has 0 N–H and O–H groups in total. The summed E-state index contributed by atoms with van der Waals surface area (Å²) in [5.74, 6) is 0.935. The van der Waals surface area contributed by atoms with Gasteiger partial charge in [-0.05, 0) is 45.1 Å². The summed E-state index contributed by atoms with van der Waals surface area (Å²) in [6.07, 6.45) is 3.68. The first-order valence-electron chi connectivity index (χ1n) is 7.12. The minimum atomic E-state index is -0.144. The molecule has 2 fully saturated rings. The van der Waals surface area contributed by atoms with Crippen molar-refractivity contribution in [3.63, 3.8) is 0 Å². The number of carbonyl (C=O) groups excluding carboxylic acids is 1. The van der Waals surface area contributed by atoms with Gasteiger partial charge in [-0.25, -0.2) is 9.97 Å². The van der Waals surface area contributed by atoms with Crippen LogP contribution in [0.4, 0.5) is 0 Å². The Morgan fingerprint density at radius 3 is 2.65 bits per heavy atom. The van der Waals surface area contributed by atoms with Crippen molar-refractivity contribution >= 4 is 17.7 Å². The molecule has 0 spiro atoms. The van der Waals surface area contributed by atoms with Crippen LogP contribution in [0, 0.1) is 25.2 Å². The average molecular weight is 292 g/mol. The molecule has 20 heavy (non-hydrogen) atoms. The van der Waals surface area contributed by atoms with Gasteiger partial charge in [0.2, 0.25) is 0 Å². The predicted molar refractivity (Wildman–Crippen MR) is 77.6 cm³/mol. The first kappa shape index (κ1) is 13.9. The lowest BCUT2D eigenvalue weighted by Crippen LogP contribution is -2.59. The van der Waals surface area contributed by atoms with E-state index in [1.165, 1.54) is 24.6 Å². The van der Waals surface area contributed by atoms with E-state index in [1.807, 2.05) is 19.9 Å². The number of aromatic nitrogens is 2. The number of aryl methyl sites for hydroxylation is 2. The van der Waals surface area contributed by atoms with Crippen LogP contribution in [0.3, 0.4) is 0 Å². The minimum absolute atomic E-state index is 0.134. The van der Waals surface area contributed by atoms with Crippen LogP contribution in [-0.2, 0) is 9.53 Å². The van der Waals surface area contributed by atoms with E-state index in [9.17, 15) is 4.79 Å². The Kier molecular flexibility index (Phi) is 3.48. The van der Waals surface area contributed by atoms with Gasteiger partial charge in [-0.1, -0.05) is 18.7 Å².